The van der Waals surface area contributed by atoms with Crippen LogP contribution in [0.1, 0.15) is 11.1 Å². The average Bonchev–Trinajstić information content (AvgIpc) is 2.72. The first-order valence-corrected chi connectivity index (χ1v) is 12.3. The molecule has 1 fully saturated rings. The molecule has 0 radical (unpaired) electrons. The molecule has 0 aliphatic carbocycles. The number of sulfone groups is 1. The van der Waals surface area contributed by atoms with Crippen LogP contribution in [0.25, 0.3) is 0 Å². The van der Waals surface area contributed by atoms with E-state index in [0.29, 0.717) is 36.2 Å². The number of benzene rings is 1. The van der Waals surface area contributed by atoms with Crippen LogP contribution in [0.5, 0.6) is 0 Å². The van der Waals surface area contributed by atoms with E-state index in [0.717, 1.165) is 35.7 Å². The van der Waals surface area contributed by atoms with Crippen molar-refractivity contribution < 1.29 is 8.42 Å². The first-order chi connectivity index (χ1) is 14.4. The molecule has 1 aromatic carbocycles. The summed E-state index contributed by atoms with van der Waals surface area (Å²) >= 11 is 12.5. The maximum Gasteiger partial charge on any atom is 0.152 e. The standard InChI is InChI=1S/C21H22Cl2N4O2S/c22-18-3-4-19(23)17(13-18)15-27-7-5-24-21-20(27)12-16(14-25-21)2-1-6-26-8-10-30(28,29)11-9-26/h3-4,12-14H,5-11,15H2,(H,24,25). The van der Waals surface area contributed by atoms with Crippen LogP contribution >= 0.6 is 23.2 Å². The third-order valence-corrected chi connectivity index (χ3v) is 7.44. The van der Waals surface area contributed by atoms with E-state index in [1.54, 1.807) is 12.3 Å². The molecule has 2 aliphatic rings. The Bertz CT molecular complexity index is 1100. The van der Waals surface area contributed by atoms with Crippen molar-refractivity contribution in [1.29, 1.82) is 0 Å². The summed E-state index contributed by atoms with van der Waals surface area (Å²) in [5.74, 6) is 7.56. The number of nitrogens with zero attached hydrogens (tertiary/aromatic N) is 3. The maximum atomic E-state index is 11.5. The fourth-order valence-corrected chi connectivity index (χ4v) is 5.17. The van der Waals surface area contributed by atoms with Gasteiger partial charge >= 0.3 is 0 Å². The number of hydrogen-bond acceptors (Lipinski definition) is 6. The maximum absolute atomic E-state index is 11.5. The molecule has 0 saturated carbocycles. The molecule has 1 aromatic heterocycles. The number of rotatable bonds is 3. The van der Waals surface area contributed by atoms with Gasteiger partial charge in [-0.05, 0) is 29.8 Å². The van der Waals surface area contributed by atoms with Gasteiger partial charge in [0.2, 0.25) is 0 Å². The van der Waals surface area contributed by atoms with Gasteiger partial charge in [0.25, 0.3) is 0 Å². The summed E-state index contributed by atoms with van der Waals surface area (Å²) in [6, 6.07) is 7.52. The first kappa shape index (κ1) is 21.3. The summed E-state index contributed by atoms with van der Waals surface area (Å²) in [6.07, 6.45) is 1.76. The summed E-state index contributed by atoms with van der Waals surface area (Å²) in [6.45, 7) is 3.87. The second kappa shape index (κ2) is 9.03. The van der Waals surface area contributed by atoms with Crippen LogP contribution in [-0.2, 0) is 16.4 Å². The zero-order valence-electron chi connectivity index (χ0n) is 16.4. The second-order valence-corrected chi connectivity index (χ2v) is 10.6. The normalized spacial score (nSPS) is 18.1. The Hall–Kier alpha value is -1.98. The van der Waals surface area contributed by atoms with Crippen LogP contribution in [0, 0.1) is 11.8 Å². The predicted octanol–water partition coefficient (Wildman–Crippen LogP) is 2.90. The van der Waals surface area contributed by atoms with Gasteiger partial charge in [-0.1, -0.05) is 35.0 Å². The van der Waals surface area contributed by atoms with Gasteiger partial charge in [-0.3, -0.25) is 4.90 Å². The minimum atomic E-state index is -2.87. The van der Waals surface area contributed by atoms with Crippen molar-refractivity contribution in [1.82, 2.24) is 9.88 Å². The molecular formula is C21H22Cl2N4O2S. The van der Waals surface area contributed by atoms with Gasteiger partial charge in [0.1, 0.15) is 5.82 Å². The molecule has 2 aliphatic heterocycles. The van der Waals surface area contributed by atoms with Crippen molar-refractivity contribution in [3.63, 3.8) is 0 Å². The highest BCUT2D eigenvalue weighted by molar-refractivity contribution is 7.91. The fraction of sp³-hybridized carbons (Fsp3) is 0.381. The SMILES string of the molecule is O=S1(=O)CCN(CC#Cc2cnc3c(c2)N(Cc2cc(Cl)ccc2Cl)CCN3)CC1. The zero-order chi connectivity index (χ0) is 21.1. The van der Waals surface area contributed by atoms with Crippen LogP contribution in [0.2, 0.25) is 10.0 Å². The highest BCUT2D eigenvalue weighted by Crippen LogP contribution is 2.31. The molecule has 6 nitrogen and oxygen atoms in total. The smallest absolute Gasteiger partial charge is 0.152 e. The van der Waals surface area contributed by atoms with Gasteiger partial charge in [-0.15, -0.1) is 0 Å². The Morgan fingerprint density at radius 2 is 1.93 bits per heavy atom. The third kappa shape index (κ3) is 5.19. The predicted molar refractivity (Wildman–Crippen MR) is 122 cm³/mol. The molecule has 0 unspecified atom stereocenters. The quantitative estimate of drug-likeness (QED) is 0.704. The summed E-state index contributed by atoms with van der Waals surface area (Å²) in [5.41, 5.74) is 2.77. The molecule has 4 rings (SSSR count). The van der Waals surface area contributed by atoms with E-state index in [-0.39, 0.29) is 11.5 Å². The average molecular weight is 465 g/mol. The van der Waals surface area contributed by atoms with Gasteiger partial charge in [0, 0.05) is 54.5 Å². The van der Waals surface area contributed by atoms with E-state index in [1.165, 1.54) is 0 Å². The van der Waals surface area contributed by atoms with Gasteiger partial charge in [-0.2, -0.15) is 0 Å². The molecule has 158 valence electrons. The number of nitrogens with one attached hydrogen (secondary N) is 1. The summed E-state index contributed by atoms with van der Waals surface area (Å²) in [4.78, 5) is 8.81. The Labute approximate surface area is 187 Å². The molecule has 30 heavy (non-hydrogen) atoms. The van der Waals surface area contributed by atoms with E-state index in [2.05, 4.69) is 31.9 Å². The monoisotopic (exact) mass is 464 g/mol. The van der Waals surface area contributed by atoms with E-state index < -0.39 is 9.84 Å². The highest BCUT2D eigenvalue weighted by Gasteiger charge is 2.21. The lowest BCUT2D eigenvalue weighted by molar-refractivity contribution is 0.332. The second-order valence-electron chi connectivity index (χ2n) is 7.41. The third-order valence-electron chi connectivity index (χ3n) is 5.22. The number of halogens is 2. The lowest BCUT2D eigenvalue weighted by atomic mass is 10.1. The van der Waals surface area contributed by atoms with Crippen LogP contribution in [-0.4, -0.2) is 62.5 Å². The topological polar surface area (TPSA) is 65.5 Å². The molecule has 0 spiro atoms. The lowest BCUT2D eigenvalue weighted by Crippen LogP contribution is -2.40. The number of aromatic nitrogens is 1. The molecule has 1 saturated heterocycles. The molecule has 3 heterocycles. The van der Waals surface area contributed by atoms with Crippen molar-refractivity contribution in [3.8, 4) is 11.8 Å². The minimum Gasteiger partial charge on any atom is -0.367 e. The van der Waals surface area contributed by atoms with Crippen molar-refractivity contribution in [2.45, 2.75) is 6.54 Å². The summed E-state index contributed by atoms with van der Waals surface area (Å²) in [7, 11) is -2.87. The van der Waals surface area contributed by atoms with E-state index >= 15 is 0 Å². The van der Waals surface area contributed by atoms with E-state index in [1.807, 2.05) is 18.2 Å². The molecule has 0 amide bonds. The molecular weight excluding hydrogens is 443 g/mol. The Morgan fingerprint density at radius 3 is 2.73 bits per heavy atom. The Morgan fingerprint density at radius 1 is 1.13 bits per heavy atom. The molecule has 0 bridgehead atoms. The van der Waals surface area contributed by atoms with Gasteiger partial charge in [-0.25, -0.2) is 13.4 Å². The Balaban J connectivity index is 1.48. The van der Waals surface area contributed by atoms with E-state index in [9.17, 15) is 8.42 Å². The first-order valence-electron chi connectivity index (χ1n) is 9.74. The molecule has 9 heteroatoms. The van der Waals surface area contributed by atoms with Gasteiger partial charge < -0.3 is 10.2 Å². The van der Waals surface area contributed by atoms with Crippen LogP contribution in [0.3, 0.4) is 0 Å². The summed E-state index contributed by atoms with van der Waals surface area (Å²) < 4.78 is 23.1. The molecule has 1 N–H and O–H groups in total. The Kier molecular flexibility index (Phi) is 6.40. The highest BCUT2D eigenvalue weighted by atomic mass is 35.5. The van der Waals surface area contributed by atoms with Crippen LogP contribution in [0.4, 0.5) is 11.5 Å². The number of pyridine rings is 1. The van der Waals surface area contributed by atoms with Crippen LogP contribution < -0.4 is 10.2 Å². The lowest BCUT2D eigenvalue weighted by Gasteiger charge is -2.31. The van der Waals surface area contributed by atoms with Gasteiger partial charge in [0.15, 0.2) is 9.84 Å². The minimum absolute atomic E-state index is 0.210. The zero-order valence-corrected chi connectivity index (χ0v) is 18.7. The molecule has 0 atom stereocenters. The number of hydrogen-bond donors (Lipinski definition) is 1. The number of fused-ring (bicyclic) bond motifs is 1. The van der Waals surface area contributed by atoms with Crippen molar-refractivity contribution in [2.75, 3.05) is 54.4 Å². The summed E-state index contributed by atoms with van der Waals surface area (Å²) in [5, 5.41) is 4.67. The van der Waals surface area contributed by atoms with Gasteiger partial charge in [0.05, 0.1) is 23.7 Å². The van der Waals surface area contributed by atoms with Crippen molar-refractivity contribution >= 4 is 44.5 Å². The number of anilines is 2. The van der Waals surface area contributed by atoms with Crippen molar-refractivity contribution in [2.24, 2.45) is 0 Å². The molecule has 2 aromatic rings. The largest absolute Gasteiger partial charge is 0.367 e. The van der Waals surface area contributed by atoms with Crippen LogP contribution in [0.15, 0.2) is 30.5 Å². The van der Waals surface area contributed by atoms with E-state index in [4.69, 9.17) is 23.2 Å². The fourth-order valence-electron chi connectivity index (χ4n) is 3.52. The van der Waals surface area contributed by atoms with Crippen molar-refractivity contribution in [3.05, 3.63) is 51.6 Å².